The van der Waals surface area contributed by atoms with E-state index in [-0.39, 0.29) is 17.5 Å². The number of ether oxygens (including phenoxy) is 1. The SMILES string of the molecule is O=C(NCc1ccccc1CN1CCOCC1)c1ccc(-c2ccccc2F)o1. The van der Waals surface area contributed by atoms with Gasteiger partial charge in [-0.15, -0.1) is 0 Å². The molecule has 0 unspecified atom stereocenters. The summed E-state index contributed by atoms with van der Waals surface area (Å²) in [6, 6.07) is 17.6. The highest BCUT2D eigenvalue weighted by atomic mass is 19.1. The molecule has 2 heterocycles. The van der Waals surface area contributed by atoms with E-state index in [1.807, 2.05) is 18.2 Å². The van der Waals surface area contributed by atoms with Crippen LogP contribution in [0.2, 0.25) is 0 Å². The lowest BCUT2D eigenvalue weighted by Gasteiger charge is -2.27. The molecule has 1 amide bonds. The molecular weight excluding hydrogens is 371 g/mol. The third-order valence-corrected chi connectivity index (χ3v) is 5.02. The summed E-state index contributed by atoms with van der Waals surface area (Å²) in [5.41, 5.74) is 2.58. The van der Waals surface area contributed by atoms with Crippen LogP contribution in [-0.4, -0.2) is 37.1 Å². The van der Waals surface area contributed by atoms with Gasteiger partial charge >= 0.3 is 0 Å². The minimum Gasteiger partial charge on any atom is -0.451 e. The molecule has 150 valence electrons. The highest BCUT2D eigenvalue weighted by Gasteiger charge is 2.16. The quantitative estimate of drug-likeness (QED) is 0.690. The number of hydrogen-bond donors (Lipinski definition) is 1. The minimum atomic E-state index is -0.383. The highest BCUT2D eigenvalue weighted by Crippen LogP contribution is 2.24. The molecule has 0 saturated carbocycles. The molecular formula is C23H23FN2O3. The van der Waals surface area contributed by atoms with Crippen LogP contribution in [0.25, 0.3) is 11.3 Å². The first-order valence-electron chi connectivity index (χ1n) is 9.70. The minimum absolute atomic E-state index is 0.161. The van der Waals surface area contributed by atoms with Crippen molar-refractivity contribution in [2.45, 2.75) is 13.1 Å². The molecule has 0 bridgehead atoms. The second-order valence-corrected chi connectivity index (χ2v) is 6.98. The van der Waals surface area contributed by atoms with Gasteiger partial charge < -0.3 is 14.5 Å². The van der Waals surface area contributed by atoms with Crippen molar-refractivity contribution in [1.29, 1.82) is 0 Å². The lowest BCUT2D eigenvalue weighted by molar-refractivity contribution is 0.0340. The van der Waals surface area contributed by atoms with Gasteiger partial charge in [-0.3, -0.25) is 9.69 Å². The van der Waals surface area contributed by atoms with Crippen molar-refractivity contribution in [3.05, 3.63) is 83.4 Å². The number of amides is 1. The van der Waals surface area contributed by atoms with Gasteiger partial charge in [0.2, 0.25) is 0 Å². The zero-order valence-corrected chi connectivity index (χ0v) is 16.1. The molecule has 2 aromatic carbocycles. The number of morpholine rings is 1. The molecule has 1 saturated heterocycles. The highest BCUT2D eigenvalue weighted by molar-refractivity contribution is 5.92. The summed E-state index contributed by atoms with van der Waals surface area (Å²) in [6.07, 6.45) is 0. The first-order chi connectivity index (χ1) is 14.2. The van der Waals surface area contributed by atoms with Crippen molar-refractivity contribution in [3.8, 4) is 11.3 Å². The Balaban J connectivity index is 1.41. The normalized spacial score (nSPS) is 14.7. The second kappa shape index (κ2) is 9.03. The Morgan fingerprint density at radius 1 is 0.966 bits per heavy atom. The number of nitrogens with one attached hydrogen (secondary N) is 1. The standard InChI is InChI=1S/C23H23FN2O3/c24-20-8-4-3-7-19(20)21-9-10-22(29-21)23(27)25-15-17-5-1-2-6-18(17)16-26-11-13-28-14-12-26/h1-10H,11-16H2,(H,25,27). The van der Waals surface area contributed by atoms with E-state index in [2.05, 4.69) is 16.3 Å². The number of carbonyl (C=O) groups excluding carboxylic acids is 1. The van der Waals surface area contributed by atoms with Crippen LogP contribution in [-0.2, 0) is 17.8 Å². The van der Waals surface area contributed by atoms with Gasteiger partial charge in [0.25, 0.3) is 5.91 Å². The fourth-order valence-electron chi connectivity index (χ4n) is 3.41. The largest absolute Gasteiger partial charge is 0.451 e. The van der Waals surface area contributed by atoms with Gasteiger partial charge in [-0.05, 0) is 35.4 Å². The zero-order chi connectivity index (χ0) is 20.1. The van der Waals surface area contributed by atoms with Crippen LogP contribution in [0.1, 0.15) is 21.7 Å². The summed E-state index contributed by atoms with van der Waals surface area (Å²) >= 11 is 0. The van der Waals surface area contributed by atoms with Crippen LogP contribution < -0.4 is 5.32 Å². The zero-order valence-electron chi connectivity index (χ0n) is 16.1. The molecule has 29 heavy (non-hydrogen) atoms. The number of hydrogen-bond acceptors (Lipinski definition) is 4. The third-order valence-electron chi connectivity index (χ3n) is 5.02. The topological polar surface area (TPSA) is 54.7 Å². The summed E-state index contributed by atoms with van der Waals surface area (Å²) in [5.74, 6) is -0.213. The van der Waals surface area contributed by atoms with Crippen molar-refractivity contribution < 1.29 is 18.3 Å². The Labute approximate surface area is 169 Å². The summed E-state index contributed by atoms with van der Waals surface area (Å²) in [5, 5.41) is 2.90. The van der Waals surface area contributed by atoms with E-state index >= 15 is 0 Å². The van der Waals surface area contributed by atoms with Gasteiger partial charge in [0.05, 0.1) is 18.8 Å². The van der Waals surface area contributed by atoms with Crippen molar-refractivity contribution >= 4 is 5.91 Å². The smallest absolute Gasteiger partial charge is 0.287 e. The molecule has 0 atom stereocenters. The maximum atomic E-state index is 13.9. The lowest BCUT2D eigenvalue weighted by Crippen LogP contribution is -2.36. The Kier molecular flexibility index (Phi) is 6.03. The summed E-state index contributed by atoms with van der Waals surface area (Å²) in [6.45, 7) is 4.55. The fraction of sp³-hybridized carbons (Fsp3) is 0.261. The fourth-order valence-corrected chi connectivity index (χ4v) is 3.41. The molecule has 1 aliphatic rings. The van der Waals surface area contributed by atoms with Crippen molar-refractivity contribution in [2.24, 2.45) is 0 Å². The molecule has 6 heteroatoms. The monoisotopic (exact) mass is 394 g/mol. The molecule has 5 nitrogen and oxygen atoms in total. The Bertz CT molecular complexity index is 980. The van der Waals surface area contributed by atoms with Gasteiger partial charge in [0, 0.05) is 26.2 Å². The van der Waals surface area contributed by atoms with Gasteiger partial charge in [-0.1, -0.05) is 36.4 Å². The first-order valence-corrected chi connectivity index (χ1v) is 9.70. The Hall–Kier alpha value is -2.96. The summed E-state index contributed by atoms with van der Waals surface area (Å²) in [4.78, 5) is 14.9. The van der Waals surface area contributed by atoms with E-state index in [1.54, 1.807) is 30.3 Å². The van der Waals surface area contributed by atoms with Crippen molar-refractivity contribution in [3.63, 3.8) is 0 Å². The van der Waals surface area contributed by atoms with Crippen LogP contribution in [0.15, 0.2) is 65.1 Å². The van der Waals surface area contributed by atoms with E-state index < -0.39 is 0 Å². The molecule has 4 rings (SSSR count). The number of carbonyl (C=O) groups is 1. The summed E-state index contributed by atoms with van der Waals surface area (Å²) < 4.78 is 24.9. The van der Waals surface area contributed by atoms with Gasteiger partial charge in [0.15, 0.2) is 5.76 Å². The Morgan fingerprint density at radius 3 is 2.48 bits per heavy atom. The third kappa shape index (κ3) is 4.72. The maximum absolute atomic E-state index is 13.9. The molecule has 1 aliphatic heterocycles. The van der Waals surface area contributed by atoms with Crippen LogP contribution in [0.5, 0.6) is 0 Å². The molecule has 0 radical (unpaired) electrons. The number of halogens is 1. The predicted octanol–water partition coefficient (Wildman–Crippen LogP) is 3.85. The molecule has 0 spiro atoms. The molecule has 3 aromatic rings. The number of nitrogens with zero attached hydrogens (tertiary/aromatic N) is 1. The molecule has 1 N–H and O–H groups in total. The first kappa shape index (κ1) is 19.4. The summed E-state index contributed by atoms with van der Waals surface area (Å²) in [7, 11) is 0. The van der Waals surface area contributed by atoms with Crippen molar-refractivity contribution in [2.75, 3.05) is 26.3 Å². The van der Waals surface area contributed by atoms with Crippen LogP contribution >= 0.6 is 0 Å². The molecule has 1 fully saturated rings. The van der Waals surface area contributed by atoms with E-state index in [0.29, 0.717) is 17.9 Å². The number of rotatable bonds is 6. The van der Waals surface area contributed by atoms with Gasteiger partial charge in [0.1, 0.15) is 11.6 Å². The van der Waals surface area contributed by atoms with Gasteiger partial charge in [-0.2, -0.15) is 0 Å². The van der Waals surface area contributed by atoms with Crippen LogP contribution in [0.4, 0.5) is 4.39 Å². The number of benzene rings is 2. The van der Waals surface area contributed by atoms with Gasteiger partial charge in [-0.25, -0.2) is 4.39 Å². The Morgan fingerprint density at radius 2 is 1.69 bits per heavy atom. The van der Waals surface area contributed by atoms with E-state index in [4.69, 9.17) is 9.15 Å². The van der Waals surface area contributed by atoms with E-state index in [9.17, 15) is 9.18 Å². The maximum Gasteiger partial charge on any atom is 0.287 e. The lowest BCUT2D eigenvalue weighted by atomic mass is 10.1. The predicted molar refractivity (Wildman–Crippen MR) is 108 cm³/mol. The van der Waals surface area contributed by atoms with Crippen LogP contribution in [0, 0.1) is 5.82 Å². The van der Waals surface area contributed by atoms with Crippen molar-refractivity contribution in [1.82, 2.24) is 10.2 Å². The van der Waals surface area contributed by atoms with E-state index in [0.717, 1.165) is 38.4 Å². The second-order valence-electron chi connectivity index (χ2n) is 6.98. The van der Waals surface area contributed by atoms with E-state index in [1.165, 1.54) is 11.6 Å². The molecule has 0 aliphatic carbocycles. The number of furan rings is 1. The average Bonchev–Trinajstić information content (AvgIpc) is 3.24. The average molecular weight is 394 g/mol. The molecule has 1 aromatic heterocycles. The van der Waals surface area contributed by atoms with Crippen LogP contribution in [0.3, 0.4) is 0 Å².